The minimum absolute atomic E-state index is 1.10. The molecule has 2 aromatic heterocycles. The Kier molecular flexibility index (Phi) is 7.04. The van der Waals surface area contributed by atoms with Gasteiger partial charge in [-0.15, -0.1) is 11.3 Å². The molecule has 51 heavy (non-hydrogen) atoms. The topological polar surface area (TPSA) is 8.17 Å². The molecule has 2 nitrogen and oxygen atoms in total. The van der Waals surface area contributed by atoms with Gasteiger partial charge in [0.1, 0.15) is 0 Å². The lowest BCUT2D eigenvalue weighted by molar-refractivity contribution is 1.18. The number of hydrogen-bond donors (Lipinski definition) is 0. The van der Waals surface area contributed by atoms with E-state index >= 15 is 0 Å². The monoisotopic (exact) mass is 668 g/mol. The van der Waals surface area contributed by atoms with Crippen LogP contribution >= 0.6 is 11.3 Å². The molecule has 0 N–H and O–H groups in total. The van der Waals surface area contributed by atoms with Crippen LogP contribution in [-0.4, -0.2) is 4.57 Å². The number of hydrogen-bond acceptors (Lipinski definition) is 2. The summed E-state index contributed by atoms with van der Waals surface area (Å²) in [7, 11) is 0. The van der Waals surface area contributed by atoms with E-state index in [1.54, 1.807) is 0 Å². The average Bonchev–Trinajstić information content (AvgIpc) is 3.74. The molecule has 10 aromatic rings. The maximum atomic E-state index is 2.43. The van der Waals surface area contributed by atoms with Crippen molar-refractivity contribution in [3.05, 3.63) is 194 Å². The van der Waals surface area contributed by atoms with Crippen molar-refractivity contribution in [1.29, 1.82) is 0 Å². The molecule has 0 saturated carbocycles. The van der Waals surface area contributed by atoms with Crippen molar-refractivity contribution in [2.45, 2.75) is 0 Å². The highest BCUT2D eigenvalue weighted by molar-refractivity contribution is 7.25. The van der Waals surface area contributed by atoms with E-state index in [-0.39, 0.29) is 0 Å². The number of anilines is 3. The summed E-state index contributed by atoms with van der Waals surface area (Å²) >= 11 is 1.86. The fourth-order valence-electron chi connectivity index (χ4n) is 7.73. The zero-order chi connectivity index (χ0) is 33.7. The van der Waals surface area contributed by atoms with Gasteiger partial charge in [0.25, 0.3) is 0 Å². The summed E-state index contributed by atoms with van der Waals surface area (Å²) in [6.45, 7) is 0. The molecule has 240 valence electrons. The first-order chi connectivity index (χ1) is 25.3. The summed E-state index contributed by atoms with van der Waals surface area (Å²) in [6.07, 6.45) is 0. The molecule has 0 aliphatic rings. The van der Waals surface area contributed by atoms with E-state index in [2.05, 4.69) is 204 Å². The summed E-state index contributed by atoms with van der Waals surface area (Å²) < 4.78 is 5.01. The Labute approximate surface area is 300 Å². The quantitative estimate of drug-likeness (QED) is 0.171. The Hall–Kier alpha value is -6.42. The zero-order valence-corrected chi connectivity index (χ0v) is 28.6. The second-order valence-corrected chi connectivity index (χ2v) is 14.0. The van der Waals surface area contributed by atoms with Crippen LogP contribution in [0.15, 0.2) is 194 Å². The third-order valence-electron chi connectivity index (χ3n) is 9.98. The van der Waals surface area contributed by atoms with Gasteiger partial charge < -0.3 is 9.47 Å². The Morgan fingerprint density at radius 1 is 0.392 bits per heavy atom. The minimum Gasteiger partial charge on any atom is -0.310 e. The second kappa shape index (κ2) is 12.2. The number of benzene rings is 8. The molecule has 0 fully saturated rings. The SMILES string of the molecule is c1ccc(-c2cccc(N(c3ccccc3)c3ccc4c5ccccc5n(-c5ccccc5)c4c3)c2-c2ccc3sc4ccccc4c3c2)cc1. The van der Waals surface area contributed by atoms with Crippen LogP contribution in [-0.2, 0) is 0 Å². The Bertz CT molecular complexity index is 2850. The first-order valence-corrected chi connectivity index (χ1v) is 18.2. The van der Waals surface area contributed by atoms with Gasteiger partial charge in [-0.25, -0.2) is 0 Å². The van der Waals surface area contributed by atoms with Crippen molar-refractivity contribution in [2.75, 3.05) is 4.90 Å². The van der Waals surface area contributed by atoms with Crippen LogP contribution < -0.4 is 4.90 Å². The van der Waals surface area contributed by atoms with Gasteiger partial charge in [0.05, 0.1) is 16.7 Å². The van der Waals surface area contributed by atoms with Gasteiger partial charge in [-0.05, 0) is 83.4 Å². The van der Waals surface area contributed by atoms with Crippen molar-refractivity contribution in [2.24, 2.45) is 0 Å². The van der Waals surface area contributed by atoms with Gasteiger partial charge in [-0.3, -0.25) is 0 Å². The van der Waals surface area contributed by atoms with Crippen LogP contribution in [0.2, 0.25) is 0 Å². The van der Waals surface area contributed by atoms with E-state index in [1.807, 2.05) is 11.3 Å². The molecule has 10 rings (SSSR count). The lowest BCUT2D eigenvalue weighted by Crippen LogP contribution is -2.12. The molecule has 0 atom stereocenters. The second-order valence-electron chi connectivity index (χ2n) is 12.9. The summed E-state index contributed by atoms with van der Waals surface area (Å²) in [4.78, 5) is 2.43. The Balaban J connectivity index is 1.27. The lowest BCUT2D eigenvalue weighted by atomic mass is 9.91. The van der Waals surface area contributed by atoms with Crippen molar-refractivity contribution < 1.29 is 0 Å². The van der Waals surface area contributed by atoms with E-state index in [0.29, 0.717) is 0 Å². The van der Waals surface area contributed by atoms with Crippen molar-refractivity contribution in [1.82, 2.24) is 4.57 Å². The molecule has 3 heteroatoms. The third kappa shape index (κ3) is 4.93. The van der Waals surface area contributed by atoms with Crippen molar-refractivity contribution >= 4 is 70.4 Å². The molecule has 0 unspecified atom stereocenters. The molecule has 8 aromatic carbocycles. The van der Waals surface area contributed by atoms with Crippen LogP contribution in [0.5, 0.6) is 0 Å². The first kappa shape index (κ1) is 29.5. The molecule has 0 saturated heterocycles. The Morgan fingerprint density at radius 2 is 1.06 bits per heavy atom. The summed E-state index contributed by atoms with van der Waals surface area (Å²) in [6, 6.07) is 70.5. The molecular formula is C48H32N2S. The van der Waals surface area contributed by atoms with Gasteiger partial charge in [-0.1, -0.05) is 127 Å². The lowest BCUT2D eigenvalue weighted by Gasteiger charge is -2.29. The van der Waals surface area contributed by atoms with Crippen LogP contribution in [0.4, 0.5) is 17.1 Å². The van der Waals surface area contributed by atoms with E-state index in [4.69, 9.17) is 0 Å². The molecule has 0 amide bonds. The van der Waals surface area contributed by atoms with E-state index in [0.717, 1.165) is 22.7 Å². The van der Waals surface area contributed by atoms with Gasteiger partial charge >= 0.3 is 0 Å². The van der Waals surface area contributed by atoms with Crippen LogP contribution in [0, 0.1) is 0 Å². The molecule has 0 aliphatic carbocycles. The molecule has 0 spiro atoms. The smallest absolute Gasteiger partial charge is 0.0561 e. The van der Waals surface area contributed by atoms with E-state index in [1.165, 1.54) is 64.2 Å². The van der Waals surface area contributed by atoms with Crippen LogP contribution in [0.1, 0.15) is 0 Å². The normalized spacial score (nSPS) is 11.5. The van der Waals surface area contributed by atoms with Gasteiger partial charge in [0.2, 0.25) is 0 Å². The standard InChI is InChI=1S/C48H32N2S/c1-4-15-33(16-5-1)38-23-14-25-44(48(38)34-27-30-47-42(31-34)41-22-11-13-26-46(41)51-47)49(35-17-6-2-7-18-35)37-28-29-40-39-21-10-12-24-43(39)50(45(40)32-37)36-19-8-3-9-20-36/h1-32H. The fourth-order valence-corrected chi connectivity index (χ4v) is 8.81. The number of thiophene rings is 1. The maximum Gasteiger partial charge on any atom is 0.0561 e. The van der Waals surface area contributed by atoms with Gasteiger partial charge in [-0.2, -0.15) is 0 Å². The van der Waals surface area contributed by atoms with Gasteiger partial charge in [0, 0.05) is 53.6 Å². The predicted molar refractivity (Wildman–Crippen MR) is 219 cm³/mol. The van der Waals surface area contributed by atoms with Crippen molar-refractivity contribution in [3.63, 3.8) is 0 Å². The highest BCUT2D eigenvalue weighted by atomic mass is 32.1. The Morgan fingerprint density at radius 3 is 1.88 bits per heavy atom. The number of fused-ring (bicyclic) bond motifs is 6. The summed E-state index contributed by atoms with van der Waals surface area (Å²) in [5.41, 5.74) is 11.6. The van der Waals surface area contributed by atoms with Gasteiger partial charge in [0.15, 0.2) is 0 Å². The molecule has 0 radical (unpaired) electrons. The molecule has 0 bridgehead atoms. The predicted octanol–water partition coefficient (Wildman–Crippen LogP) is 14.0. The third-order valence-corrected chi connectivity index (χ3v) is 11.1. The molecule has 2 heterocycles. The van der Waals surface area contributed by atoms with E-state index in [9.17, 15) is 0 Å². The minimum atomic E-state index is 1.10. The summed E-state index contributed by atoms with van der Waals surface area (Å²) in [5.74, 6) is 0. The fraction of sp³-hybridized carbons (Fsp3) is 0. The van der Waals surface area contributed by atoms with Crippen LogP contribution in [0.3, 0.4) is 0 Å². The number of nitrogens with zero attached hydrogens (tertiary/aromatic N) is 2. The van der Waals surface area contributed by atoms with Crippen molar-refractivity contribution in [3.8, 4) is 27.9 Å². The maximum absolute atomic E-state index is 2.43. The highest BCUT2D eigenvalue weighted by Gasteiger charge is 2.23. The number of para-hydroxylation sites is 3. The largest absolute Gasteiger partial charge is 0.310 e. The number of rotatable bonds is 6. The van der Waals surface area contributed by atoms with E-state index < -0.39 is 0 Å². The zero-order valence-electron chi connectivity index (χ0n) is 27.8. The highest BCUT2D eigenvalue weighted by Crippen LogP contribution is 2.48. The number of aromatic nitrogens is 1. The molecule has 0 aliphatic heterocycles. The average molecular weight is 669 g/mol. The summed E-state index contributed by atoms with van der Waals surface area (Å²) in [5, 5.41) is 5.08. The van der Waals surface area contributed by atoms with Crippen LogP contribution in [0.25, 0.3) is 69.9 Å². The molecular weight excluding hydrogens is 637 g/mol. The first-order valence-electron chi connectivity index (χ1n) is 17.4.